The summed E-state index contributed by atoms with van der Waals surface area (Å²) in [6.07, 6.45) is 0. The molecule has 0 atom stereocenters. The Labute approximate surface area is 170 Å². The van der Waals surface area contributed by atoms with Crippen molar-refractivity contribution in [2.24, 2.45) is 0 Å². The van der Waals surface area contributed by atoms with Crippen LogP contribution in [0.5, 0.6) is 5.75 Å². The molecule has 0 bridgehead atoms. The van der Waals surface area contributed by atoms with Crippen LogP contribution < -0.4 is 14.4 Å². The number of rotatable bonds is 8. The molecule has 2 aromatic carbocycles. The summed E-state index contributed by atoms with van der Waals surface area (Å²) in [6.45, 7) is 4.42. The Bertz CT molecular complexity index is 987. The molecule has 0 aliphatic rings. The molecule has 0 unspecified atom stereocenters. The summed E-state index contributed by atoms with van der Waals surface area (Å²) >= 11 is 0. The maximum absolute atomic E-state index is 13.4. The van der Waals surface area contributed by atoms with Gasteiger partial charge in [-0.05, 0) is 55.8 Å². The van der Waals surface area contributed by atoms with E-state index < -0.39 is 22.5 Å². The quantitative estimate of drug-likeness (QED) is 0.659. The first-order valence-electron chi connectivity index (χ1n) is 8.89. The number of aryl methyl sites for hydroxylation is 1. The van der Waals surface area contributed by atoms with Crippen LogP contribution in [0.25, 0.3) is 0 Å². The minimum Gasteiger partial charge on any atom is -0.495 e. The molecule has 8 nitrogen and oxygen atoms in total. The van der Waals surface area contributed by atoms with Crippen LogP contribution >= 0.6 is 0 Å². The van der Waals surface area contributed by atoms with Crippen LogP contribution in [0.15, 0.2) is 47.4 Å². The van der Waals surface area contributed by atoms with E-state index in [1.54, 1.807) is 32.0 Å². The fourth-order valence-corrected chi connectivity index (χ4v) is 4.07. The number of carbonyl (C=O) groups is 2. The Balaban J connectivity index is 2.53. The van der Waals surface area contributed by atoms with Crippen molar-refractivity contribution in [2.45, 2.75) is 25.7 Å². The van der Waals surface area contributed by atoms with E-state index in [4.69, 9.17) is 9.47 Å². The van der Waals surface area contributed by atoms with Gasteiger partial charge in [0, 0.05) is 12.6 Å². The van der Waals surface area contributed by atoms with Gasteiger partial charge in [-0.1, -0.05) is 6.07 Å². The van der Waals surface area contributed by atoms with Crippen LogP contribution in [0, 0.1) is 6.92 Å². The van der Waals surface area contributed by atoms with Crippen LogP contribution in [0.2, 0.25) is 0 Å². The zero-order chi connectivity index (χ0) is 21.6. The number of ether oxygens (including phenoxy) is 2. The maximum Gasteiger partial charge on any atom is 0.326 e. The molecule has 29 heavy (non-hydrogen) atoms. The largest absolute Gasteiger partial charge is 0.495 e. The third-order valence-corrected chi connectivity index (χ3v) is 5.72. The number of sulfonamides is 1. The molecule has 0 aliphatic carbocycles. The van der Waals surface area contributed by atoms with Crippen molar-refractivity contribution in [3.63, 3.8) is 0 Å². The zero-order valence-electron chi connectivity index (χ0n) is 16.8. The zero-order valence-corrected chi connectivity index (χ0v) is 17.6. The lowest BCUT2D eigenvalue weighted by Gasteiger charge is -2.25. The second-order valence-electron chi connectivity index (χ2n) is 6.20. The molecule has 0 saturated carbocycles. The molecular formula is C20H24N2O6S. The first-order valence-corrected chi connectivity index (χ1v) is 10.3. The Kier molecular flexibility index (Phi) is 7.22. The highest BCUT2D eigenvalue weighted by atomic mass is 32.2. The summed E-state index contributed by atoms with van der Waals surface area (Å²) in [4.78, 5) is 23.3. The molecule has 1 N–H and O–H groups in total. The number of esters is 1. The van der Waals surface area contributed by atoms with E-state index in [2.05, 4.69) is 5.32 Å². The molecule has 9 heteroatoms. The molecule has 2 rings (SSSR count). The fraction of sp³-hybridized carbons (Fsp3) is 0.300. The average molecular weight is 420 g/mol. The first kappa shape index (κ1) is 22.2. The van der Waals surface area contributed by atoms with Gasteiger partial charge in [-0.15, -0.1) is 0 Å². The van der Waals surface area contributed by atoms with Gasteiger partial charge in [-0.2, -0.15) is 0 Å². The lowest BCUT2D eigenvalue weighted by molar-refractivity contribution is -0.141. The summed E-state index contributed by atoms with van der Waals surface area (Å²) in [5.41, 5.74) is 1.49. The number of carbonyl (C=O) groups excluding carboxylic acids is 2. The van der Waals surface area contributed by atoms with Crippen molar-refractivity contribution in [1.29, 1.82) is 0 Å². The van der Waals surface area contributed by atoms with Crippen LogP contribution in [0.1, 0.15) is 19.4 Å². The average Bonchev–Trinajstić information content (AvgIpc) is 2.66. The third-order valence-electron chi connectivity index (χ3n) is 3.94. The standard InChI is InChI=1S/C20H24N2O6S/c1-5-28-20(24)13-22(18-12-14(2)6-11-19(18)27-4)29(25,26)17-9-7-16(8-10-17)21-15(3)23/h6-12H,5,13H2,1-4H3,(H,21,23). The molecule has 0 saturated heterocycles. The van der Waals surface area contributed by atoms with Crippen molar-refractivity contribution >= 4 is 33.3 Å². The highest BCUT2D eigenvalue weighted by Crippen LogP contribution is 2.33. The molecule has 0 aliphatic heterocycles. The molecule has 0 spiro atoms. The van der Waals surface area contributed by atoms with Crippen molar-refractivity contribution < 1.29 is 27.5 Å². The molecule has 0 heterocycles. The molecule has 2 aromatic rings. The lowest BCUT2D eigenvalue weighted by atomic mass is 10.2. The van der Waals surface area contributed by atoms with Gasteiger partial charge in [-0.25, -0.2) is 8.42 Å². The SMILES string of the molecule is CCOC(=O)CN(c1cc(C)ccc1OC)S(=O)(=O)c1ccc(NC(C)=O)cc1. The number of benzene rings is 2. The van der Waals surface area contributed by atoms with Gasteiger partial charge in [0.05, 0.1) is 24.3 Å². The highest BCUT2D eigenvalue weighted by Gasteiger charge is 2.30. The van der Waals surface area contributed by atoms with Crippen molar-refractivity contribution in [1.82, 2.24) is 0 Å². The highest BCUT2D eigenvalue weighted by molar-refractivity contribution is 7.92. The van der Waals surface area contributed by atoms with Gasteiger partial charge in [-0.3, -0.25) is 13.9 Å². The van der Waals surface area contributed by atoms with Crippen molar-refractivity contribution in [3.8, 4) is 5.75 Å². The van der Waals surface area contributed by atoms with E-state index in [1.165, 1.54) is 38.3 Å². The van der Waals surface area contributed by atoms with Gasteiger partial charge in [0.15, 0.2) is 0 Å². The number of nitrogens with one attached hydrogen (secondary N) is 1. The number of anilines is 2. The van der Waals surface area contributed by atoms with Crippen molar-refractivity contribution in [2.75, 3.05) is 29.9 Å². The van der Waals surface area contributed by atoms with E-state index in [1.807, 2.05) is 0 Å². The Morgan fingerprint density at radius 1 is 1.10 bits per heavy atom. The second kappa shape index (κ2) is 9.42. The van der Waals surface area contributed by atoms with Crippen LogP contribution in [-0.4, -0.2) is 40.6 Å². The number of hydrogen-bond acceptors (Lipinski definition) is 6. The van der Waals surface area contributed by atoms with Crippen LogP contribution in [0.3, 0.4) is 0 Å². The van der Waals surface area contributed by atoms with E-state index >= 15 is 0 Å². The van der Waals surface area contributed by atoms with E-state index in [9.17, 15) is 18.0 Å². The molecule has 0 aromatic heterocycles. The van der Waals surface area contributed by atoms with Crippen LogP contribution in [0.4, 0.5) is 11.4 Å². The normalized spacial score (nSPS) is 10.9. The van der Waals surface area contributed by atoms with Gasteiger partial charge in [0.25, 0.3) is 10.0 Å². The fourth-order valence-electron chi connectivity index (χ4n) is 2.66. The van der Waals surface area contributed by atoms with Crippen LogP contribution in [-0.2, 0) is 24.3 Å². The smallest absolute Gasteiger partial charge is 0.326 e. The van der Waals surface area contributed by atoms with E-state index in [0.29, 0.717) is 11.4 Å². The first-order chi connectivity index (χ1) is 13.7. The predicted octanol–water partition coefficient (Wildman–Crippen LogP) is 2.72. The Hall–Kier alpha value is -3.07. The number of amides is 1. The monoisotopic (exact) mass is 420 g/mol. The van der Waals surface area contributed by atoms with Gasteiger partial charge < -0.3 is 14.8 Å². The molecule has 1 amide bonds. The number of nitrogens with zero attached hydrogens (tertiary/aromatic N) is 1. The summed E-state index contributed by atoms with van der Waals surface area (Å²) in [7, 11) is -2.70. The number of hydrogen-bond donors (Lipinski definition) is 1. The molecular weight excluding hydrogens is 396 g/mol. The summed E-state index contributed by atoms with van der Waals surface area (Å²) < 4.78 is 38.0. The molecule has 0 fully saturated rings. The second-order valence-corrected chi connectivity index (χ2v) is 8.06. The summed E-state index contributed by atoms with van der Waals surface area (Å²) in [5.74, 6) is -0.651. The minimum atomic E-state index is -4.12. The van der Waals surface area contributed by atoms with Gasteiger partial charge in [0.1, 0.15) is 12.3 Å². The minimum absolute atomic E-state index is 0.0422. The summed E-state index contributed by atoms with van der Waals surface area (Å²) in [5, 5.41) is 2.58. The van der Waals surface area contributed by atoms with E-state index in [0.717, 1.165) is 9.87 Å². The van der Waals surface area contributed by atoms with Gasteiger partial charge in [0.2, 0.25) is 5.91 Å². The maximum atomic E-state index is 13.4. The molecule has 156 valence electrons. The Morgan fingerprint density at radius 2 is 1.76 bits per heavy atom. The van der Waals surface area contributed by atoms with Gasteiger partial charge >= 0.3 is 5.97 Å². The predicted molar refractivity (Wildman–Crippen MR) is 110 cm³/mol. The third kappa shape index (κ3) is 5.47. The molecule has 0 radical (unpaired) electrons. The summed E-state index contributed by atoms with van der Waals surface area (Å²) in [6, 6.07) is 10.7. The topological polar surface area (TPSA) is 102 Å². The number of methoxy groups -OCH3 is 1. The lowest BCUT2D eigenvalue weighted by Crippen LogP contribution is -2.37. The van der Waals surface area contributed by atoms with E-state index in [-0.39, 0.29) is 23.1 Å². The van der Waals surface area contributed by atoms with Crippen molar-refractivity contribution in [3.05, 3.63) is 48.0 Å². The Morgan fingerprint density at radius 3 is 2.31 bits per heavy atom.